The molecule has 2 rings (SSSR count). The van der Waals surface area contributed by atoms with E-state index >= 15 is 0 Å². The second-order valence-electron chi connectivity index (χ2n) is 4.78. The molecule has 0 atom stereocenters. The van der Waals surface area contributed by atoms with Crippen LogP contribution in [0, 0.1) is 13.8 Å². The molecule has 0 aliphatic carbocycles. The molecule has 0 aromatic heterocycles. The number of carbonyl (C=O) groups excluding carboxylic acids is 1. The van der Waals surface area contributed by atoms with Crippen LogP contribution in [0.15, 0.2) is 36.4 Å². The van der Waals surface area contributed by atoms with Crippen LogP contribution in [0.3, 0.4) is 0 Å². The summed E-state index contributed by atoms with van der Waals surface area (Å²) < 4.78 is 5.13. The predicted octanol–water partition coefficient (Wildman–Crippen LogP) is 3.15. The van der Waals surface area contributed by atoms with Gasteiger partial charge in [0, 0.05) is 11.6 Å². The molecule has 0 unspecified atom stereocenters. The van der Waals surface area contributed by atoms with E-state index in [2.05, 4.69) is 5.32 Å². The topological polar surface area (TPSA) is 64.3 Å². The molecule has 2 aromatic carbocycles. The Labute approximate surface area is 118 Å². The largest absolute Gasteiger partial charge is 0.497 e. The zero-order valence-corrected chi connectivity index (χ0v) is 11.9. The average Bonchev–Trinajstić information content (AvgIpc) is 2.40. The molecule has 3 N–H and O–H groups in total. The number of nitrogen functional groups attached to an aromatic ring is 1. The van der Waals surface area contributed by atoms with E-state index in [0.717, 1.165) is 11.1 Å². The number of ether oxygens (including phenoxy) is 1. The third-order valence-corrected chi connectivity index (χ3v) is 2.99. The lowest BCUT2D eigenvalue weighted by molar-refractivity contribution is 0.102. The highest BCUT2D eigenvalue weighted by atomic mass is 16.5. The zero-order valence-electron chi connectivity index (χ0n) is 11.9. The van der Waals surface area contributed by atoms with Gasteiger partial charge in [0.1, 0.15) is 5.75 Å². The second kappa shape index (κ2) is 5.65. The van der Waals surface area contributed by atoms with Crippen LogP contribution in [0.1, 0.15) is 21.5 Å². The summed E-state index contributed by atoms with van der Waals surface area (Å²) in [6.07, 6.45) is 0. The first-order valence-electron chi connectivity index (χ1n) is 6.33. The van der Waals surface area contributed by atoms with E-state index in [9.17, 15) is 4.79 Å². The van der Waals surface area contributed by atoms with Crippen molar-refractivity contribution in [2.45, 2.75) is 13.8 Å². The molecule has 0 heterocycles. The van der Waals surface area contributed by atoms with Crippen LogP contribution < -0.4 is 15.8 Å². The third kappa shape index (κ3) is 3.09. The SMILES string of the molecule is COc1ccc(N)c(NC(=O)c2cc(C)cc(C)c2)c1. The van der Waals surface area contributed by atoms with Crippen molar-refractivity contribution in [3.05, 3.63) is 53.1 Å². The van der Waals surface area contributed by atoms with E-state index in [-0.39, 0.29) is 5.91 Å². The Balaban J connectivity index is 2.27. The normalized spacial score (nSPS) is 10.2. The zero-order chi connectivity index (χ0) is 14.7. The van der Waals surface area contributed by atoms with Crippen molar-refractivity contribution in [2.75, 3.05) is 18.2 Å². The molecule has 2 aromatic rings. The minimum Gasteiger partial charge on any atom is -0.497 e. The first-order chi connectivity index (χ1) is 9.49. The number of carbonyl (C=O) groups is 1. The average molecular weight is 270 g/mol. The van der Waals surface area contributed by atoms with Gasteiger partial charge in [-0.15, -0.1) is 0 Å². The maximum atomic E-state index is 12.3. The van der Waals surface area contributed by atoms with Gasteiger partial charge < -0.3 is 15.8 Å². The molecule has 1 amide bonds. The van der Waals surface area contributed by atoms with Gasteiger partial charge in [0.15, 0.2) is 0 Å². The van der Waals surface area contributed by atoms with Gasteiger partial charge in [-0.3, -0.25) is 4.79 Å². The smallest absolute Gasteiger partial charge is 0.255 e. The van der Waals surface area contributed by atoms with E-state index in [0.29, 0.717) is 22.7 Å². The van der Waals surface area contributed by atoms with Gasteiger partial charge in [-0.2, -0.15) is 0 Å². The van der Waals surface area contributed by atoms with Crippen LogP contribution in [0.5, 0.6) is 5.75 Å². The number of hydrogen-bond donors (Lipinski definition) is 2. The van der Waals surface area contributed by atoms with E-state index in [1.54, 1.807) is 25.3 Å². The van der Waals surface area contributed by atoms with Crippen LogP contribution in [0.2, 0.25) is 0 Å². The van der Waals surface area contributed by atoms with Crippen molar-refractivity contribution in [1.82, 2.24) is 0 Å². The first kappa shape index (κ1) is 13.9. The van der Waals surface area contributed by atoms with Gasteiger partial charge >= 0.3 is 0 Å². The van der Waals surface area contributed by atoms with Crippen LogP contribution in [-0.4, -0.2) is 13.0 Å². The number of nitrogens with two attached hydrogens (primary N) is 1. The fourth-order valence-electron chi connectivity index (χ4n) is 2.07. The molecule has 4 heteroatoms. The monoisotopic (exact) mass is 270 g/mol. The molecule has 0 saturated carbocycles. The standard InChI is InChI=1S/C16H18N2O2/c1-10-6-11(2)8-12(7-10)16(19)18-15-9-13(20-3)4-5-14(15)17/h4-9H,17H2,1-3H3,(H,18,19). The first-order valence-corrected chi connectivity index (χ1v) is 6.33. The highest BCUT2D eigenvalue weighted by Crippen LogP contribution is 2.25. The van der Waals surface area contributed by atoms with Gasteiger partial charge in [-0.1, -0.05) is 17.2 Å². The van der Waals surface area contributed by atoms with Crippen molar-refractivity contribution in [2.24, 2.45) is 0 Å². The van der Waals surface area contributed by atoms with Crippen LogP contribution >= 0.6 is 0 Å². The van der Waals surface area contributed by atoms with E-state index < -0.39 is 0 Å². The van der Waals surface area contributed by atoms with E-state index in [1.165, 1.54) is 0 Å². The Hall–Kier alpha value is -2.49. The quantitative estimate of drug-likeness (QED) is 0.842. The van der Waals surface area contributed by atoms with Crippen molar-refractivity contribution in [3.8, 4) is 5.75 Å². The van der Waals surface area contributed by atoms with E-state index in [1.807, 2.05) is 32.0 Å². The molecular weight excluding hydrogens is 252 g/mol. The minimum absolute atomic E-state index is 0.184. The van der Waals surface area contributed by atoms with Crippen molar-refractivity contribution in [3.63, 3.8) is 0 Å². The molecule has 0 radical (unpaired) electrons. The van der Waals surface area contributed by atoms with Gasteiger partial charge in [0.25, 0.3) is 5.91 Å². The summed E-state index contributed by atoms with van der Waals surface area (Å²) in [7, 11) is 1.57. The van der Waals surface area contributed by atoms with Gasteiger partial charge in [-0.05, 0) is 38.1 Å². The third-order valence-electron chi connectivity index (χ3n) is 2.99. The van der Waals surface area contributed by atoms with Gasteiger partial charge in [0.2, 0.25) is 0 Å². The number of rotatable bonds is 3. The van der Waals surface area contributed by atoms with Crippen LogP contribution in [0.25, 0.3) is 0 Å². The summed E-state index contributed by atoms with van der Waals surface area (Å²) >= 11 is 0. The summed E-state index contributed by atoms with van der Waals surface area (Å²) in [6, 6.07) is 10.9. The molecule has 104 valence electrons. The Bertz CT molecular complexity index is 631. The highest BCUT2D eigenvalue weighted by Gasteiger charge is 2.10. The molecule has 0 spiro atoms. The molecule has 0 aliphatic rings. The van der Waals surface area contributed by atoms with Crippen LogP contribution in [-0.2, 0) is 0 Å². The lowest BCUT2D eigenvalue weighted by Gasteiger charge is -2.11. The molecule has 4 nitrogen and oxygen atoms in total. The van der Waals surface area contributed by atoms with Gasteiger partial charge in [0.05, 0.1) is 18.5 Å². The number of methoxy groups -OCH3 is 1. The summed E-state index contributed by atoms with van der Waals surface area (Å²) in [5.74, 6) is 0.465. The molecule has 0 saturated heterocycles. The molecule has 20 heavy (non-hydrogen) atoms. The summed E-state index contributed by atoms with van der Waals surface area (Å²) in [6.45, 7) is 3.92. The maximum absolute atomic E-state index is 12.3. The molecular formula is C16H18N2O2. The Morgan fingerprint density at radius 2 is 1.75 bits per heavy atom. The lowest BCUT2D eigenvalue weighted by atomic mass is 10.1. The fourth-order valence-corrected chi connectivity index (χ4v) is 2.07. The predicted molar refractivity (Wildman–Crippen MR) is 81.3 cm³/mol. The maximum Gasteiger partial charge on any atom is 0.255 e. The number of amides is 1. The summed E-state index contributed by atoms with van der Waals surface area (Å²) in [5, 5.41) is 2.81. The Morgan fingerprint density at radius 3 is 2.35 bits per heavy atom. The molecule has 0 bridgehead atoms. The summed E-state index contributed by atoms with van der Waals surface area (Å²) in [4.78, 5) is 12.3. The molecule has 0 aliphatic heterocycles. The molecule has 0 fully saturated rings. The lowest BCUT2D eigenvalue weighted by Crippen LogP contribution is -2.13. The fraction of sp³-hybridized carbons (Fsp3) is 0.188. The van der Waals surface area contributed by atoms with E-state index in [4.69, 9.17) is 10.5 Å². The number of aryl methyl sites for hydroxylation is 2. The van der Waals surface area contributed by atoms with Crippen molar-refractivity contribution in [1.29, 1.82) is 0 Å². The Kier molecular flexibility index (Phi) is 3.94. The van der Waals surface area contributed by atoms with Gasteiger partial charge in [-0.25, -0.2) is 0 Å². The number of nitrogens with one attached hydrogen (secondary N) is 1. The summed E-state index contributed by atoms with van der Waals surface area (Å²) in [5.41, 5.74) is 9.63. The number of hydrogen-bond acceptors (Lipinski definition) is 3. The van der Waals surface area contributed by atoms with Crippen molar-refractivity contribution < 1.29 is 9.53 Å². The Morgan fingerprint density at radius 1 is 1.10 bits per heavy atom. The second-order valence-corrected chi connectivity index (χ2v) is 4.78. The number of anilines is 2. The highest BCUT2D eigenvalue weighted by molar-refractivity contribution is 6.06. The number of benzene rings is 2. The minimum atomic E-state index is -0.184. The van der Waals surface area contributed by atoms with Crippen LogP contribution in [0.4, 0.5) is 11.4 Å². The van der Waals surface area contributed by atoms with Crippen molar-refractivity contribution >= 4 is 17.3 Å².